The number of rotatable bonds is 0. The predicted molar refractivity (Wildman–Crippen MR) is 64.1 cm³/mol. The van der Waals surface area contributed by atoms with Crippen molar-refractivity contribution in [2.45, 2.75) is 0 Å². The SMILES string of the molecule is Nc1cccc2c1C(=O)c1cc(F)c(F)cc1C2=O. The van der Waals surface area contributed by atoms with Gasteiger partial charge in [0, 0.05) is 22.4 Å². The highest BCUT2D eigenvalue weighted by Gasteiger charge is 2.32. The molecule has 2 aromatic rings. The molecular weight excluding hydrogens is 252 g/mol. The van der Waals surface area contributed by atoms with Gasteiger partial charge in [0.2, 0.25) is 0 Å². The minimum atomic E-state index is -1.17. The van der Waals surface area contributed by atoms with Gasteiger partial charge < -0.3 is 5.73 Å². The number of fused-ring (bicyclic) bond motifs is 2. The van der Waals surface area contributed by atoms with Gasteiger partial charge in [0.05, 0.1) is 5.56 Å². The molecule has 94 valence electrons. The molecular formula is C14H7F2NO2. The molecule has 3 rings (SSSR count). The Bertz CT molecular complexity index is 753. The summed E-state index contributed by atoms with van der Waals surface area (Å²) in [5, 5.41) is 0. The minimum absolute atomic E-state index is 0.0472. The first kappa shape index (κ1) is 11.5. The molecule has 0 heterocycles. The fourth-order valence-electron chi connectivity index (χ4n) is 2.22. The molecule has 0 fully saturated rings. The smallest absolute Gasteiger partial charge is 0.196 e. The summed E-state index contributed by atoms with van der Waals surface area (Å²) in [4.78, 5) is 24.4. The number of hydrogen-bond donors (Lipinski definition) is 1. The molecule has 1 aliphatic rings. The first-order valence-electron chi connectivity index (χ1n) is 5.47. The van der Waals surface area contributed by atoms with Crippen molar-refractivity contribution in [1.82, 2.24) is 0 Å². The zero-order chi connectivity index (χ0) is 13.7. The maximum atomic E-state index is 13.2. The summed E-state index contributed by atoms with van der Waals surface area (Å²) in [6, 6.07) is 5.94. The van der Waals surface area contributed by atoms with Crippen LogP contribution in [0.15, 0.2) is 30.3 Å². The van der Waals surface area contributed by atoms with Crippen LogP contribution in [0.3, 0.4) is 0 Å². The molecule has 1 aliphatic carbocycles. The highest BCUT2D eigenvalue weighted by molar-refractivity contribution is 6.30. The van der Waals surface area contributed by atoms with Crippen molar-refractivity contribution < 1.29 is 18.4 Å². The second-order valence-corrected chi connectivity index (χ2v) is 4.24. The molecule has 0 atom stereocenters. The number of nitrogens with two attached hydrogens (primary N) is 1. The molecule has 0 unspecified atom stereocenters. The summed E-state index contributed by atoms with van der Waals surface area (Å²) in [5.74, 6) is -3.43. The maximum absolute atomic E-state index is 13.2. The molecule has 0 saturated heterocycles. The zero-order valence-corrected chi connectivity index (χ0v) is 9.54. The fourth-order valence-corrected chi connectivity index (χ4v) is 2.22. The Morgan fingerprint density at radius 3 is 2.05 bits per heavy atom. The van der Waals surface area contributed by atoms with Crippen LogP contribution in [0.25, 0.3) is 0 Å². The predicted octanol–water partition coefficient (Wildman–Crippen LogP) is 2.32. The minimum Gasteiger partial charge on any atom is -0.398 e. The van der Waals surface area contributed by atoms with Gasteiger partial charge in [0.1, 0.15) is 0 Å². The van der Waals surface area contributed by atoms with Gasteiger partial charge >= 0.3 is 0 Å². The molecule has 2 aromatic carbocycles. The number of nitrogen functional groups attached to an aromatic ring is 1. The van der Waals surface area contributed by atoms with E-state index in [0.717, 1.165) is 12.1 Å². The van der Waals surface area contributed by atoms with Crippen LogP contribution in [0.1, 0.15) is 31.8 Å². The van der Waals surface area contributed by atoms with Crippen LogP contribution in [0, 0.1) is 11.6 Å². The average molecular weight is 259 g/mol. The monoisotopic (exact) mass is 259 g/mol. The zero-order valence-electron chi connectivity index (χ0n) is 9.54. The van der Waals surface area contributed by atoms with Crippen LogP contribution in [0.2, 0.25) is 0 Å². The number of benzene rings is 2. The van der Waals surface area contributed by atoms with E-state index in [1.165, 1.54) is 18.2 Å². The van der Waals surface area contributed by atoms with E-state index in [1.807, 2.05) is 0 Å². The molecule has 2 N–H and O–H groups in total. The van der Waals surface area contributed by atoms with Crippen molar-refractivity contribution in [2.24, 2.45) is 0 Å². The lowest BCUT2D eigenvalue weighted by Gasteiger charge is -2.18. The Morgan fingerprint density at radius 2 is 1.42 bits per heavy atom. The van der Waals surface area contributed by atoms with E-state index in [0.29, 0.717) is 0 Å². The number of carbonyl (C=O) groups excluding carboxylic acids is 2. The lowest BCUT2D eigenvalue weighted by molar-refractivity contribution is 0.0979. The van der Waals surface area contributed by atoms with Crippen LogP contribution < -0.4 is 5.73 Å². The second kappa shape index (κ2) is 3.71. The van der Waals surface area contributed by atoms with E-state index < -0.39 is 23.2 Å². The Morgan fingerprint density at radius 1 is 0.842 bits per heavy atom. The van der Waals surface area contributed by atoms with E-state index >= 15 is 0 Å². The van der Waals surface area contributed by atoms with Crippen LogP contribution in [0.5, 0.6) is 0 Å². The Balaban J connectivity index is 2.36. The van der Waals surface area contributed by atoms with Gasteiger partial charge in [-0.1, -0.05) is 12.1 Å². The molecule has 0 aliphatic heterocycles. The van der Waals surface area contributed by atoms with Crippen LogP contribution in [-0.2, 0) is 0 Å². The first-order valence-corrected chi connectivity index (χ1v) is 5.47. The van der Waals surface area contributed by atoms with Crippen molar-refractivity contribution in [3.05, 3.63) is 64.2 Å². The van der Waals surface area contributed by atoms with E-state index in [-0.39, 0.29) is 27.9 Å². The largest absolute Gasteiger partial charge is 0.398 e. The standard InChI is InChI=1S/C14H7F2NO2/c15-9-4-7-8(5-10(9)16)14(19)12-6(13(7)18)2-1-3-11(12)17/h1-5H,17H2. The molecule has 0 bridgehead atoms. The summed E-state index contributed by atoms with van der Waals surface area (Å²) in [5.41, 5.74) is 5.69. The van der Waals surface area contributed by atoms with Gasteiger partial charge in [0.25, 0.3) is 0 Å². The highest BCUT2D eigenvalue weighted by atomic mass is 19.2. The topological polar surface area (TPSA) is 60.2 Å². The van der Waals surface area contributed by atoms with Crippen molar-refractivity contribution in [2.75, 3.05) is 5.73 Å². The first-order chi connectivity index (χ1) is 9.00. The third kappa shape index (κ3) is 1.48. The fraction of sp³-hybridized carbons (Fsp3) is 0. The highest BCUT2D eigenvalue weighted by Crippen LogP contribution is 2.31. The third-order valence-electron chi connectivity index (χ3n) is 3.12. The summed E-state index contributed by atoms with van der Waals surface area (Å²) in [7, 11) is 0. The lowest BCUT2D eigenvalue weighted by Crippen LogP contribution is -2.23. The van der Waals surface area contributed by atoms with Gasteiger partial charge in [0.15, 0.2) is 23.2 Å². The van der Waals surface area contributed by atoms with Crippen LogP contribution in [0.4, 0.5) is 14.5 Å². The Hall–Kier alpha value is -2.56. The quantitative estimate of drug-likeness (QED) is 0.630. The van der Waals surface area contributed by atoms with Gasteiger partial charge in [-0.15, -0.1) is 0 Å². The molecule has 0 radical (unpaired) electrons. The summed E-state index contributed by atoms with van der Waals surface area (Å²) in [6.45, 7) is 0. The summed E-state index contributed by atoms with van der Waals surface area (Å²) >= 11 is 0. The van der Waals surface area contributed by atoms with Crippen LogP contribution in [-0.4, -0.2) is 11.6 Å². The van der Waals surface area contributed by atoms with Gasteiger partial charge in [-0.3, -0.25) is 9.59 Å². The molecule has 19 heavy (non-hydrogen) atoms. The molecule has 0 spiro atoms. The number of carbonyl (C=O) groups is 2. The number of ketones is 2. The van der Waals surface area contributed by atoms with Gasteiger partial charge in [-0.25, -0.2) is 8.78 Å². The Labute approximate surface area is 106 Å². The van der Waals surface area contributed by atoms with Gasteiger partial charge in [-0.2, -0.15) is 0 Å². The normalized spacial score (nSPS) is 13.2. The van der Waals surface area contributed by atoms with Crippen molar-refractivity contribution >= 4 is 17.3 Å². The van der Waals surface area contributed by atoms with Crippen LogP contribution >= 0.6 is 0 Å². The molecule has 0 aromatic heterocycles. The van der Waals surface area contributed by atoms with E-state index in [9.17, 15) is 18.4 Å². The molecule has 0 saturated carbocycles. The number of anilines is 1. The summed E-state index contributed by atoms with van der Waals surface area (Å²) < 4.78 is 26.4. The maximum Gasteiger partial charge on any atom is 0.196 e. The van der Waals surface area contributed by atoms with Gasteiger partial charge in [-0.05, 0) is 18.2 Å². The molecule has 5 heteroatoms. The van der Waals surface area contributed by atoms with Crippen molar-refractivity contribution in [1.29, 1.82) is 0 Å². The van der Waals surface area contributed by atoms with Crippen molar-refractivity contribution in [3.8, 4) is 0 Å². The lowest BCUT2D eigenvalue weighted by atomic mass is 9.83. The Kier molecular flexibility index (Phi) is 2.25. The molecule has 3 nitrogen and oxygen atoms in total. The average Bonchev–Trinajstić information content (AvgIpc) is 2.38. The number of halogens is 2. The van der Waals surface area contributed by atoms with Crippen molar-refractivity contribution in [3.63, 3.8) is 0 Å². The van der Waals surface area contributed by atoms with E-state index in [2.05, 4.69) is 0 Å². The second-order valence-electron chi connectivity index (χ2n) is 4.24. The molecule has 0 amide bonds. The van der Waals surface area contributed by atoms with E-state index in [4.69, 9.17) is 5.73 Å². The summed E-state index contributed by atoms with van der Waals surface area (Å²) in [6.07, 6.45) is 0. The van der Waals surface area contributed by atoms with E-state index in [1.54, 1.807) is 0 Å². The third-order valence-corrected chi connectivity index (χ3v) is 3.12. The number of hydrogen-bond acceptors (Lipinski definition) is 3.